The molecule has 0 atom stereocenters. The maximum absolute atomic E-state index is 12.1. The van der Waals surface area contributed by atoms with E-state index in [1.54, 1.807) is 0 Å². The van der Waals surface area contributed by atoms with Gasteiger partial charge in [-0.25, -0.2) is 4.98 Å². The number of carbonyl (C=O) groups excluding carboxylic acids is 1. The number of aromatic nitrogens is 1. The van der Waals surface area contributed by atoms with Crippen LogP contribution in [0.15, 0.2) is 18.3 Å². The number of hydrogen-bond donors (Lipinski definition) is 0. The summed E-state index contributed by atoms with van der Waals surface area (Å²) < 4.78 is 12.1. The molecule has 48 valence electrons. The number of rotatable bonds is 1. The highest BCUT2D eigenvalue weighted by Gasteiger charge is 1.97. The standard InChI is InChI=1S/C6H3BFNO/c7-6(10)4-1-2-5(8)9-3-4/h1-3H. The van der Waals surface area contributed by atoms with Gasteiger partial charge in [-0.3, -0.25) is 0 Å². The van der Waals surface area contributed by atoms with E-state index < -0.39 is 11.6 Å². The first-order chi connectivity index (χ1) is 4.70. The molecule has 10 heavy (non-hydrogen) atoms. The van der Waals surface area contributed by atoms with Gasteiger partial charge in [-0.2, -0.15) is 4.39 Å². The third-order valence-electron chi connectivity index (χ3n) is 1.01. The first kappa shape index (κ1) is 6.93. The lowest BCUT2D eigenvalue weighted by molar-refractivity contribution is 0.108. The highest BCUT2D eigenvalue weighted by atomic mass is 19.1. The van der Waals surface area contributed by atoms with Gasteiger partial charge < -0.3 is 4.79 Å². The van der Waals surface area contributed by atoms with Crippen LogP contribution >= 0.6 is 0 Å². The van der Waals surface area contributed by atoms with Crippen molar-refractivity contribution in [2.45, 2.75) is 0 Å². The van der Waals surface area contributed by atoms with Crippen LogP contribution in [0.4, 0.5) is 4.39 Å². The van der Waals surface area contributed by atoms with Gasteiger partial charge in [0, 0.05) is 11.8 Å². The zero-order valence-corrected chi connectivity index (χ0v) is 5.04. The van der Waals surface area contributed by atoms with Gasteiger partial charge in [0.05, 0.1) is 0 Å². The molecular weight excluding hydrogens is 132 g/mol. The number of halogens is 1. The van der Waals surface area contributed by atoms with Crippen LogP contribution in [0.1, 0.15) is 10.4 Å². The minimum absolute atomic E-state index is 0.210. The number of hydrogen-bond acceptors (Lipinski definition) is 2. The van der Waals surface area contributed by atoms with Gasteiger partial charge in [0.2, 0.25) is 5.95 Å². The molecule has 2 radical (unpaired) electrons. The topological polar surface area (TPSA) is 30.0 Å². The summed E-state index contributed by atoms with van der Waals surface area (Å²) in [5.74, 6) is -0.620. The first-order valence-electron chi connectivity index (χ1n) is 2.61. The molecule has 0 unspecified atom stereocenters. The predicted octanol–water partition coefficient (Wildman–Crippen LogP) is 0.529. The molecule has 0 saturated carbocycles. The van der Waals surface area contributed by atoms with Crippen LogP contribution in [0.3, 0.4) is 0 Å². The van der Waals surface area contributed by atoms with Crippen LogP contribution in [-0.4, -0.2) is 18.5 Å². The van der Waals surface area contributed by atoms with Crippen molar-refractivity contribution in [2.24, 2.45) is 0 Å². The van der Waals surface area contributed by atoms with E-state index in [-0.39, 0.29) is 5.56 Å². The highest BCUT2D eigenvalue weighted by molar-refractivity contribution is 6.62. The average molecular weight is 135 g/mol. The molecule has 1 aromatic rings. The van der Waals surface area contributed by atoms with Crippen LogP contribution in [0.25, 0.3) is 0 Å². The third kappa shape index (κ3) is 1.40. The van der Waals surface area contributed by atoms with Crippen LogP contribution in [-0.2, 0) is 0 Å². The smallest absolute Gasteiger partial charge is 0.212 e. The van der Waals surface area contributed by atoms with Crippen molar-refractivity contribution < 1.29 is 9.18 Å². The number of pyridine rings is 1. The lowest BCUT2D eigenvalue weighted by atomic mass is 9.96. The number of nitrogens with zero attached hydrogens (tertiary/aromatic N) is 1. The molecule has 2 nitrogen and oxygen atoms in total. The van der Waals surface area contributed by atoms with E-state index in [1.807, 2.05) is 0 Å². The van der Waals surface area contributed by atoms with E-state index in [0.29, 0.717) is 0 Å². The maximum atomic E-state index is 12.1. The molecule has 0 aliphatic rings. The fourth-order valence-corrected chi connectivity index (χ4v) is 0.522. The summed E-state index contributed by atoms with van der Waals surface area (Å²) in [5.41, 5.74) is -0.395. The molecule has 0 fully saturated rings. The van der Waals surface area contributed by atoms with Crippen LogP contribution in [0.5, 0.6) is 0 Å². The van der Waals surface area contributed by atoms with Crippen molar-refractivity contribution in [2.75, 3.05) is 0 Å². The minimum atomic E-state index is -0.620. The van der Waals surface area contributed by atoms with Gasteiger partial charge in [0.25, 0.3) is 0 Å². The molecule has 0 saturated heterocycles. The molecular formula is C6H3BFNO. The number of carbonyl (C=O) groups is 1. The summed E-state index contributed by atoms with van der Waals surface area (Å²) in [5, 5.41) is 0. The van der Waals surface area contributed by atoms with Crippen LogP contribution in [0, 0.1) is 5.95 Å². The van der Waals surface area contributed by atoms with E-state index in [0.717, 1.165) is 12.3 Å². The molecule has 0 N–H and O–H groups in total. The second-order valence-corrected chi connectivity index (χ2v) is 1.73. The average Bonchev–Trinajstić information content (AvgIpc) is 1.88. The van der Waals surface area contributed by atoms with Gasteiger partial charge in [-0.05, 0) is 12.1 Å². The van der Waals surface area contributed by atoms with E-state index in [2.05, 4.69) is 4.98 Å². The Morgan fingerprint density at radius 1 is 1.60 bits per heavy atom. The second-order valence-electron chi connectivity index (χ2n) is 1.73. The lowest BCUT2D eigenvalue weighted by Crippen LogP contribution is -1.97. The predicted molar refractivity (Wildman–Crippen MR) is 34.3 cm³/mol. The molecule has 0 bridgehead atoms. The Morgan fingerprint density at radius 3 is 2.70 bits per heavy atom. The van der Waals surface area contributed by atoms with Gasteiger partial charge in [0.1, 0.15) is 5.68 Å². The quantitative estimate of drug-likeness (QED) is 0.415. The molecule has 0 aromatic carbocycles. The van der Waals surface area contributed by atoms with Crippen molar-refractivity contribution >= 4 is 13.5 Å². The first-order valence-corrected chi connectivity index (χ1v) is 2.61. The fraction of sp³-hybridized carbons (Fsp3) is 0. The Kier molecular flexibility index (Phi) is 1.80. The largest absolute Gasteiger partial charge is 0.307 e. The molecule has 4 heteroatoms. The van der Waals surface area contributed by atoms with E-state index in [9.17, 15) is 9.18 Å². The summed E-state index contributed by atoms with van der Waals surface area (Å²) in [4.78, 5) is 13.6. The molecule has 0 spiro atoms. The van der Waals surface area contributed by atoms with Gasteiger partial charge in [-0.15, -0.1) is 0 Å². The van der Waals surface area contributed by atoms with Gasteiger partial charge >= 0.3 is 0 Å². The van der Waals surface area contributed by atoms with Crippen molar-refractivity contribution in [3.05, 3.63) is 29.8 Å². The molecule has 1 aromatic heterocycles. The van der Waals surface area contributed by atoms with Crippen molar-refractivity contribution in [3.8, 4) is 0 Å². The molecule has 0 aliphatic heterocycles. The van der Waals surface area contributed by atoms with Gasteiger partial charge in [0.15, 0.2) is 7.85 Å². The van der Waals surface area contributed by atoms with Crippen molar-refractivity contribution in [1.82, 2.24) is 4.98 Å². The molecule has 0 aliphatic carbocycles. The fourth-order valence-electron chi connectivity index (χ4n) is 0.522. The van der Waals surface area contributed by atoms with Crippen LogP contribution in [0.2, 0.25) is 0 Å². The van der Waals surface area contributed by atoms with Crippen molar-refractivity contribution in [1.29, 1.82) is 0 Å². The van der Waals surface area contributed by atoms with E-state index >= 15 is 0 Å². The second kappa shape index (κ2) is 2.60. The highest BCUT2D eigenvalue weighted by Crippen LogP contribution is 1.97. The maximum Gasteiger partial charge on any atom is 0.212 e. The summed E-state index contributed by atoms with van der Waals surface area (Å²) in [6.45, 7) is 0. The molecule has 1 rings (SSSR count). The van der Waals surface area contributed by atoms with E-state index in [4.69, 9.17) is 7.85 Å². The zero-order chi connectivity index (χ0) is 7.56. The van der Waals surface area contributed by atoms with Gasteiger partial charge in [-0.1, -0.05) is 0 Å². The summed E-state index contributed by atoms with van der Waals surface area (Å²) in [6.07, 6.45) is 1.09. The Morgan fingerprint density at radius 2 is 2.30 bits per heavy atom. The van der Waals surface area contributed by atoms with Crippen LogP contribution < -0.4 is 0 Å². The van der Waals surface area contributed by atoms with Crippen molar-refractivity contribution in [3.63, 3.8) is 0 Å². The van der Waals surface area contributed by atoms with E-state index in [1.165, 1.54) is 6.07 Å². The Hall–Kier alpha value is -1.19. The third-order valence-corrected chi connectivity index (χ3v) is 1.01. The summed E-state index contributed by atoms with van der Waals surface area (Å²) >= 11 is 0. The summed E-state index contributed by atoms with van der Waals surface area (Å²) in [7, 11) is 4.86. The zero-order valence-electron chi connectivity index (χ0n) is 5.04. The Labute approximate surface area is 58.5 Å². The lowest BCUT2D eigenvalue weighted by Gasteiger charge is -1.91. The molecule has 1 heterocycles. The SMILES string of the molecule is [B]C(=O)c1ccc(F)nc1. The molecule has 0 amide bonds. The normalized spacial score (nSPS) is 9.30. The minimum Gasteiger partial charge on any atom is -0.307 e. The monoisotopic (exact) mass is 135 g/mol. The summed E-state index contributed by atoms with van der Waals surface area (Å²) in [6, 6.07) is 2.37. The Bertz CT molecular complexity index is 246. The Balaban J connectivity index is 3.00.